The van der Waals surface area contributed by atoms with Gasteiger partial charge in [-0.05, 0) is 11.6 Å². The lowest BCUT2D eigenvalue weighted by Gasteiger charge is -1.98. The summed E-state index contributed by atoms with van der Waals surface area (Å²) in [5.74, 6) is -0.941. The Morgan fingerprint density at radius 3 is 2.59 bits per heavy atom. The third-order valence-corrected chi connectivity index (χ3v) is 2.08. The molecular formula is C13H15NO3. The summed E-state index contributed by atoms with van der Waals surface area (Å²) < 4.78 is 0. The smallest absolute Gasteiger partial charge is 0.304 e. The van der Waals surface area contributed by atoms with E-state index in [0.717, 1.165) is 5.56 Å². The molecular weight excluding hydrogens is 218 g/mol. The number of carbonyl (C=O) groups excluding carboxylic acids is 1. The van der Waals surface area contributed by atoms with E-state index in [2.05, 4.69) is 5.32 Å². The third-order valence-electron chi connectivity index (χ3n) is 2.08. The zero-order valence-corrected chi connectivity index (χ0v) is 9.43. The van der Waals surface area contributed by atoms with Gasteiger partial charge in [-0.2, -0.15) is 0 Å². The van der Waals surface area contributed by atoms with E-state index in [1.54, 1.807) is 6.08 Å². The Bertz CT molecular complexity index is 398. The minimum Gasteiger partial charge on any atom is -0.481 e. The third kappa shape index (κ3) is 6.27. The van der Waals surface area contributed by atoms with Crippen molar-refractivity contribution in [2.45, 2.75) is 6.42 Å². The van der Waals surface area contributed by atoms with E-state index in [9.17, 15) is 9.59 Å². The van der Waals surface area contributed by atoms with Gasteiger partial charge in [-0.3, -0.25) is 9.59 Å². The zero-order chi connectivity index (χ0) is 12.5. The number of benzene rings is 1. The lowest BCUT2D eigenvalue weighted by Crippen LogP contribution is -2.24. The fourth-order valence-corrected chi connectivity index (χ4v) is 1.22. The number of hydrogen-bond donors (Lipinski definition) is 2. The molecule has 1 rings (SSSR count). The largest absolute Gasteiger partial charge is 0.481 e. The van der Waals surface area contributed by atoms with Crippen LogP contribution in [0.15, 0.2) is 36.4 Å². The number of carboxylic acids is 1. The Labute approximate surface area is 100.0 Å². The van der Waals surface area contributed by atoms with Gasteiger partial charge in [0.1, 0.15) is 0 Å². The van der Waals surface area contributed by atoms with Crippen molar-refractivity contribution >= 4 is 17.8 Å². The van der Waals surface area contributed by atoms with Crippen LogP contribution in [-0.2, 0) is 9.59 Å². The van der Waals surface area contributed by atoms with Crippen LogP contribution in [0.1, 0.15) is 12.0 Å². The maximum absolute atomic E-state index is 11.4. The first-order chi connectivity index (χ1) is 8.18. The van der Waals surface area contributed by atoms with Gasteiger partial charge in [0.15, 0.2) is 5.78 Å². The minimum atomic E-state index is -0.871. The van der Waals surface area contributed by atoms with Crippen LogP contribution in [0.25, 0.3) is 6.08 Å². The van der Waals surface area contributed by atoms with Crippen molar-refractivity contribution in [2.75, 3.05) is 13.1 Å². The fourth-order valence-electron chi connectivity index (χ4n) is 1.22. The number of hydrogen-bond acceptors (Lipinski definition) is 3. The van der Waals surface area contributed by atoms with Gasteiger partial charge in [0.05, 0.1) is 13.0 Å². The molecule has 0 aromatic heterocycles. The van der Waals surface area contributed by atoms with Crippen molar-refractivity contribution in [1.29, 1.82) is 0 Å². The summed E-state index contributed by atoms with van der Waals surface area (Å²) in [6.07, 6.45) is 3.25. The van der Waals surface area contributed by atoms with E-state index in [1.165, 1.54) is 6.08 Å². The van der Waals surface area contributed by atoms with E-state index >= 15 is 0 Å². The molecule has 2 N–H and O–H groups in total. The van der Waals surface area contributed by atoms with Crippen molar-refractivity contribution in [3.05, 3.63) is 42.0 Å². The average Bonchev–Trinajstić information content (AvgIpc) is 2.33. The van der Waals surface area contributed by atoms with Crippen LogP contribution in [-0.4, -0.2) is 29.9 Å². The van der Waals surface area contributed by atoms with Crippen molar-refractivity contribution in [2.24, 2.45) is 0 Å². The van der Waals surface area contributed by atoms with Crippen LogP contribution in [0.5, 0.6) is 0 Å². The topological polar surface area (TPSA) is 66.4 Å². The first-order valence-electron chi connectivity index (χ1n) is 5.37. The Balaban J connectivity index is 2.25. The van der Waals surface area contributed by atoms with Gasteiger partial charge in [0.25, 0.3) is 0 Å². The summed E-state index contributed by atoms with van der Waals surface area (Å²) >= 11 is 0. The molecule has 0 atom stereocenters. The maximum atomic E-state index is 11.4. The molecule has 0 saturated carbocycles. The summed E-state index contributed by atoms with van der Waals surface area (Å²) in [5.41, 5.74) is 0.964. The minimum absolute atomic E-state index is 0.0235. The Hall–Kier alpha value is -1.94. The Kier molecular flexibility index (Phi) is 5.68. The molecule has 0 saturated heterocycles. The quantitative estimate of drug-likeness (QED) is 0.551. The molecule has 0 spiro atoms. The predicted molar refractivity (Wildman–Crippen MR) is 65.6 cm³/mol. The monoisotopic (exact) mass is 233 g/mol. The van der Waals surface area contributed by atoms with Crippen molar-refractivity contribution < 1.29 is 14.7 Å². The second kappa shape index (κ2) is 7.35. The molecule has 17 heavy (non-hydrogen) atoms. The van der Waals surface area contributed by atoms with Gasteiger partial charge in [-0.1, -0.05) is 36.4 Å². The highest BCUT2D eigenvalue weighted by Crippen LogP contribution is 2.00. The molecule has 90 valence electrons. The lowest BCUT2D eigenvalue weighted by atomic mass is 10.2. The molecule has 0 radical (unpaired) electrons. The van der Waals surface area contributed by atoms with Crippen molar-refractivity contribution in [3.63, 3.8) is 0 Å². The Morgan fingerprint density at radius 2 is 1.94 bits per heavy atom. The van der Waals surface area contributed by atoms with Gasteiger partial charge in [-0.15, -0.1) is 0 Å². The number of ketones is 1. The number of rotatable bonds is 7. The highest BCUT2D eigenvalue weighted by Gasteiger charge is 1.98. The summed E-state index contributed by atoms with van der Waals surface area (Å²) in [6.45, 7) is 0.469. The molecule has 4 nitrogen and oxygen atoms in total. The van der Waals surface area contributed by atoms with Crippen LogP contribution in [0.2, 0.25) is 0 Å². The van der Waals surface area contributed by atoms with Gasteiger partial charge in [0, 0.05) is 6.54 Å². The first kappa shape index (κ1) is 13.1. The van der Waals surface area contributed by atoms with Gasteiger partial charge >= 0.3 is 5.97 Å². The molecule has 4 heteroatoms. The van der Waals surface area contributed by atoms with Crippen LogP contribution >= 0.6 is 0 Å². The van der Waals surface area contributed by atoms with E-state index in [1.807, 2.05) is 30.3 Å². The standard InChI is InChI=1S/C13H15NO3/c15-12(10-14-9-8-13(16)17)7-6-11-4-2-1-3-5-11/h1-7,14H,8-10H2,(H,16,17). The number of carboxylic acid groups (broad SMARTS) is 1. The van der Waals surface area contributed by atoms with E-state index in [0.29, 0.717) is 6.54 Å². The average molecular weight is 233 g/mol. The van der Waals surface area contributed by atoms with Crippen LogP contribution in [0, 0.1) is 0 Å². The summed E-state index contributed by atoms with van der Waals surface area (Å²) in [7, 11) is 0. The molecule has 1 aromatic carbocycles. The highest BCUT2D eigenvalue weighted by molar-refractivity contribution is 5.95. The van der Waals surface area contributed by atoms with Crippen molar-refractivity contribution in [3.8, 4) is 0 Å². The number of carbonyl (C=O) groups is 2. The first-order valence-corrected chi connectivity index (χ1v) is 5.37. The molecule has 0 fully saturated rings. The molecule has 0 aliphatic carbocycles. The second-order valence-corrected chi connectivity index (χ2v) is 3.53. The maximum Gasteiger partial charge on any atom is 0.304 e. The SMILES string of the molecule is O=C(O)CCNCC(=O)C=Cc1ccccc1. The number of nitrogens with one attached hydrogen (secondary N) is 1. The fraction of sp³-hybridized carbons (Fsp3) is 0.231. The van der Waals surface area contributed by atoms with Gasteiger partial charge < -0.3 is 10.4 Å². The van der Waals surface area contributed by atoms with E-state index in [4.69, 9.17) is 5.11 Å². The van der Waals surface area contributed by atoms with Crippen LogP contribution in [0.4, 0.5) is 0 Å². The number of aliphatic carboxylic acids is 1. The van der Waals surface area contributed by atoms with Crippen LogP contribution < -0.4 is 5.32 Å². The highest BCUT2D eigenvalue weighted by atomic mass is 16.4. The van der Waals surface area contributed by atoms with Crippen LogP contribution in [0.3, 0.4) is 0 Å². The zero-order valence-electron chi connectivity index (χ0n) is 9.43. The van der Waals surface area contributed by atoms with E-state index < -0.39 is 5.97 Å². The summed E-state index contributed by atoms with van der Waals surface area (Å²) in [6, 6.07) is 9.51. The molecule has 0 aliphatic heterocycles. The summed E-state index contributed by atoms with van der Waals surface area (Å²) in [4.78, 5) is 21.6. The molecule has 0 aliphatic rings. The van der Waals surface area contributed by atoms with Gasteiger partial charge in [-0.25, -0.2) is 0 Å². The molecule has 0 heterocycles. The molecule has 0 bridgehead atoms. The van der Waals surface area contributed by atoms with Gasteiger partial charge in [0.2, 0.25) is 0 Å². The molecule has 1 aromatic rings. The predicted octanol–water partition coefficient (Wildman–Crippen LogP) is 1.33. The normalized spacial score (nSPS) is 10.6. The lowest BCUT2D eigenvalue weighted by molar-refractivity contribution is -0.137. The molecule has 0 unspecified atom stereocenters. The second-order valence-electron chi connectivity index (χ2n) is 3.53. The molecule has 0 amide bonds. The summed E-state index contributed by atoms with van der Waals surface area (Å²) in [5, 5.41) is 11.2. The Morgan fingerprint density at radius 1 is 1.24 bits per heavy atom. The van der Waals surface area contributed by atoms with E-state index in [-0.39, 0.29) is 18.7 Å². The van der Waals surface area contributed by atoms with Crippen molar-refractivity contribution in [1.82, 2.24) is 5.32 Å².